The van der Waals surface area contributed by atoms with Gasteiger partial charge in [-0.1, -0.05) is 17.3 Å². The molecule has 0 unspecified atom stereocenters. The Morgan fingerprint density at radius 2 is 2.03 bits per heavy atom. The SMILES string of the molecule is N#C[C@]1(c2ccc(-c3ccc4c(c3)C[C@H]3[C@H](Cn5ccnn5)OC(=O)N43)cn2)[C@@H]2CN(C=O)C[C@@H]21. The fourth-order valence-electron chi connectivity index (χ4n) is 6.29. The van der Waals surface area contributed by atoms with Crippen LogP contribution in [-0.2, 0) is 27.9 Å². The highest BCUT2D eigenvalue weighted by atomic mass is 16.6. The van der Waals surface area contributed by atoms with Gasteiger partial charge in [0, 0.05) is 42.9 Å². The predicted molar refractivity (Wildman–Crippen MR) is 122 cm³/mol. The lowest BCUT2D eigenvalue weighted by molar-refractivity contribution is -0.117. The Morgan fingerprint density at radius 3 is 2.71 bits per heavy atom. The van der Waals surface area contributed by atoms with Crippen LogP contribution >= 0.6 is 0 Å². The van der Waals surface area contributed by atoms with Gasteiger partial charge in [-0.15, -0.1) is 5.10 Å². The number of carbonyl (C=O) groups is 2. The molecule has 1 aliphatic carbocycles. The van der Waals surface area contributed by atoms with Crippen molar-refractivity contribution < 1.29 is 14.3 Å². The van der Waals surface area contributed by atoms with E-state index in [1.165, 1.54) is 0 Å². The van der Waals surface area contributed by atoms with Gasteiger partial charge in [-0.2, -0.15) is 5.26 Å². The summed E-state index contributed by atoms with van der Waals surface area (Å²) in [5, 5.41) is 17.7. The predicted octanol–water partition coefficient (Wildman–Crippen LogP) is 1.77. The molecule has 0 spiro atoms. The van der Waals surface area contributed by atoms with Crippen LogP contribution in [0.1, 0.15) is 11.3 Å². The second-order valence-electron chi connectivity index (χ2n) is 9.72. The first-order chi connectivity index (χ1) is 17.1. The number of fused-ring (bicyclic) bond motifs is 4. The number of cyclic esters (lactones) is 1. The van der Waals surface area contributed by atoms with Crippen molar-refractivity contribution in [1.82, 2.24) is 24.9 Å². The van der Waals surface area contributed by atoms with Crippen molar-refractivity contribution in [3.05, 3.63) is 60.2 Å². The van der Waals surface area contributed by atoms with Crippen molar-refractivity contribution in [2.45, 2.75) is 30.5 Å². The van der Waals surface area contributed by atoms with Gasteiger partial charge in [0.25, 0.3) is 0 Å². The largest absolute Gasteiger partial charge is 0.442 e. The zero-order valence-corrected chi connectivity index (χ0v) is 18.7. The van der Waals surface area contributed by atoms with Crippen molar-refractivity contribution in [1.29, 1.82) is 5.26 Å². The molecule has 174 valence electrons. The smallest absolute Gasteiger partial charge is 0.415 e. The zero-order chi connectivity index (χ0) is 23.7. The third-order valence-electron chi connectivity index (χ3n) is 8.08. The molecule has 10 heteroatoms. The molecule has 1 saturated carbocycles. The van der Waals surface area contributed by atoms with E-state index in [0.29, 0.717) is 26.1 Å². The lowest BCUT2D eigenvalue weighted by Gasteiger charge is -2.18. The van der Waals surface area contributed by atoms with Gasteiger partial charge in [-0.05, 0) is 35.7 Å². The van der Waals surface area contributed by atoms with Gasteiger partial charge in [0.15, 0.2) is 0 Å². The number of benzene rings is 1. The van der Waals surface area contributed by atoms with E-state index in [-0.39, 0.29) is 30.1 Å². The van der Waals surface area contributed by atoms with E-state index in [9.17, 15) is 14.9 Å². The standard InChI is InChI=1S/C25H21N7O3/c26-13-25(18-10-30(14-33)11-19(18)25)23-4-2-16(9-27-23)15-1-3-20-17(7-15)8-21-22(35-24(34)32(20)21)12-31-6-5-28-29-31/h1-7,9,14,18-19,21-22H,8,10-12H2/t18-,19+,21-,22-,25+/m0/s1. The van der Waals surface area contributed by atoms with Crippen LogP contribution in [0.15, 0.2) is 48.9 Å². The second kappa shape index (κ2) is 7.12. The summed E-state index contributed by atoms with van der Waals surface area (Å²) in [5.74, 6) is 0.324. The molecule has 10 nitrogen and oxygen atoms in total. The minimum absolute atomic E-state index is 0.0758. The lowest BCUT2D eigenvalue weighted by atomic mass is 9.95. The van der Waals surface area contributed by atoms with Crippen LogP contribution < -0.4 is 4.90 Å². The summed E-state index contributed by atoms with van der Waals surface area (Å²) in [7, 11) is 0. The molecular weight excluding hydrogens is 446 g/mol. The highest BCUT2D eigenvalue weighted by Gasteiger charge is 2.70. The molecule has 4 aliphatic rings. The fourth-order valence-corrected chi connectivity index (χ4v) is 6.29. The number of anilines is 1. The molecule has 3 aromatic rings. The molecule has 7 rings (SSSR count). The molecule has 2 saturated heterocycles. The summed E-state index contributed by atoms with van der Waals surface area (Å²) in [5.41, 5.74) is 4.14. The number of likely N-dealkylation sites (tertiary alicyclic amines) is 1. The molecular formula is C25H21N7O3. The third-order valence-corrected chi connectivity index (χ3v) is 8.08. The number of piperidine rings is 1. The molecule has 5 atom stereocenters. The quantitative estimate of drug-likeness (QED) is 0.525. The average molecular weight is 467 g/mol. The number of aromatic nitrogens is 4. The number of nitrogens with zero attached hydrogens (tertiary/aromatic N) is 7. The maximum absolute atomic E-state index is 12.6. The average Bonchev–Trinajstić information content (AvgIpc) is 3.47. The van der Waals surface area contributed by atoms with E-state index in [2.05, 4.69) is 27.4 Å². The van der Waals surface area contributed by atoms with E-state index in [4.69, 9.17) is 4.74 Å². The summed E-state index contributed by atoms with van der Waals surface area (Å²) in [6.45, 7) is 1.70. The van der Waals surface area contributed by atoms with Crippen molar-refractivity contribution >= 4 is 18.2 Å². The Balaban J connectivity index is 1.12. The third kappa shape index (κ3) is 2.78. The molecule has 0 radical (unpaired) electrons. The van der Waals surface area contributed by atoms with Gasteiger partial charge in [0.2, 0.25) is 6.41 Å². The van der Waals surface area contributed by atoms with Gasteiger partial charge in [0.05, 0.1) is 36.2 Å². The summed E-state index contributed by atoms with van der Waals surface area (Å²) < 4.78 is 7.30. The van der Waals surface area contributed by atoms with Gasteiger partial charge in [-0.25, -0.2) is 9.48 Å². The first-order valence-corrected chi connectivity index (χ1v) is 11.7. The van der Waals surface area contributed by atoms with Crippen molar-refractivity contribution in [2.75, 3.05) is 18.0 Å². The van der Waals surface area contributed by atoms with Crippen molar-refractivity contribution in [3.63, 3.8) is 0 Å². The van der Waals surface area contributed by atoms with Crippen LogP contribution in [0.4, 0.5) is 10.5 Å². The van der Waals surface area contributed by atoms with Crippen LogP contribution in [-0.4, -0.2) is 62.6 Å². The van der Waals surface area contributed by atoms with Gasteiger partial charge >= 0.3 is 6.09 Å². The Hall–Kier alpha value is -4.26. The van der Waals surface area contributed by atoms with Gasteiger partial charge in [0.1, 0.15) is 11.5 Å². The topological polar surface area (TPSA) is 117 Å². The number of pyridine rings is 1. The molecule has 0 N–H and O–H groups in total. The van der Waals surface area contributed by atoms with E-state index in [0.717, 1.165) is 34.5 Å². The van der Waals surface area contributed by atoms with E-state index in [1.807, 2.05) is 30.5 Å². The van der Waals surface area contributed by atoms with Crippen LogP contribution in [0.3, 0.4) is 0 Å². The first-order valence-electron chi connectivity index (χ1n) is 11.7. The highest BCUT2D eigenvalue weighted by Crippen LogP contribution is 2.62. The highest BCUT2D eigenvalue weighted by molar-refractivity contribution is 5.94. The summed E-state index contributed by atoms with van der Waals surface area (Å²) >= 11 is 0. The van der Waals surface area contributed by atoms with Crippen LogP contribution in [0.5, 0.6) is 0 Å². The Kier molecular flexibility index (Phi) is 4.10. The first kappa shape index (κ1) is 20.1. The van der Waals surface area contributed by atoms with Crippen LogP contribution in [0.2, 0.25) is 0 Å². The molecule has 5 heterocycles. The summed E-state index contributed by atoms with van der Waals surface area (Å²) in [6.07, 6.45) is 6.13. The Morgan fingerprint density at radius 1 is 1.20 bits per heavy atom. The Labute approximate surface area is 200 Å². The zero-order valence-electron chi connectivity index (χ0n) is 18.7. The van der Waals surface area contributed by atoms with E-state index < -0.39 is 5.41 Å². The van der Waals surface area contributed by atoms with Crippen molar-refractivity contribution in [2.24, 2.45) is 11.8 Å². The molecule has 1 aromatic carbocycles. The van der Waals surface area contributed by atoms with Crippen molar-refractivity contribution in [3.8, 4) is 17.2 Å². The molecule has 2 amide bonds. The maximum atomic E-state index is 12.6. The normalized spacial score (nSPS) is 29.9. The van der Waals surface area contributed by atoms with E-state index in [1.54, 1.807) is 26.9 Å². The number of hydrogen-bond acceptors (Lipinski definition) is 7. The molecule has 3 fully saturated rings. The maximum Gasteiger partial charge on any atom is 0.415 e. The monoisotopic (exact) mass is 467 g/mol. The number of carbonyl (C=O) groups excluding carboxylic acids is 2. The van der Waals surface area contributed by atoms with Crippen LogP contribution in [0.25, 0.3) is 11.1 Å². The van der Waals surface area contributed by atoms with E-state index >= 15 is 0 Å². The minimum Gasteiger partial charge on any atom is -0.442 e. The summed E-state index contributed by atoms with van der Waals surface area (Å²) in [6, 6.07) is 12.4. The molecule has 0 bridgehead atoms. The number of ether oxygens (including phenoxy) is 1. The lowest BCUT2D eigenvalue weighted by Crippen LogP contribution is -2.35. The molecule has 35 heavy (non-hydrogen) atoms. The molecule has 3 aliphatic heterocycles. The number of nitriles is 1. The van der Waals surface area contributed by atoms with Crippen LogP contribution in [0, 0.1) is 23.2 Å². The minimum atomic E-state index is -0.583. The number of hydrogen-bond donors (Lipinski definition) is 0. The van der Waals surface area contributed by atoms with Gasteiger partial charge in [-0.3, -0.25) is 14.7 Å². The van der Waals surface area contributed by atoms with Gasteiger partial charge < -0.3 is 9.64 Å². The molecule has 2 aromatic heterocycles. The number of rotatable bonds is 5. The Bertz CT molecular complexity index is 1370. The fraction of sp³-hybridized carbons (Fsp3) is 0.360. The second-order valence-corrected chi connectivity index (χ2v) is 9.72. The summed E-state index contributed by atoms with van der Waals surface area (Å²) in [4.78, 5) is 31.8. The number of amides is 2.